The molecule has 0 bridgehead atoms. The van der Waals surface area contributed by atoms with Crippen molar-refractivity contribution >= 4 is 21.4 Å². The Morgan fingerprint density at radius 2 is 2.00 bits per heavy atom. The highest BCUT2D eigenvalue weighted by atomic mass is 32.2. The molecule has 0 unspecified atom stereocenters. The molecule has 1 aliphatic heterocycles. The van der Waals surface area contributed by atoms with Crippen LogP contribution in [0.3, 0.4) is 0 Å². The number of hydrogen-bond acceptors (Lipinski definition) is 7. The number of morpholine rings is 1. The van der Waals surface area contributed by atoms with E-state index in [-0.39, 0.29) is 4.90 Å². The van der Waals surface area contributed by atoms with E-state index in [1.165, 1.54) is 6.07 Å². The number of hydrogen-bond donors (Lipinski definition) is 3. The first-order valence-electron chi connectivity index (χ1n) is 8.02. The molecule has 1 aromatic carbocycles. The van der Waals surface area contributed by atoms with E-state index in [2.05, 4.69) is 15.0 Å². The Labute approximate surface area is 144 Å². The van der Waals surface area contributed by atoms with Gasteiger partial charge >= 0.3 is 0 Å². The van der Waals surface area contributed by atoms with E-state index >= 15 is 0 Å². The number of benzene rings is 1. The highest BCUT2D eigenvalue weighted by molar-refractivity contribution is 7.89. The van der Waals surface area contributed by atoms with Crippen LogP contribution in [-0.2, 0) is 14.8 Å². The molecule has 1 saturated heterocycles. The zero-order valence-electron chi connectivity index (χ0n) is 14.3. The van der Waals surface area contributed by atoms with Gasteiger partial charge in [0.15, 0.2) is 0 Å². The van der Waals surface area contributed by atoms with Crippen LogP contribution >= 0.6 is 0 Å². The predicted octanol–water partition coefficient (Wildman–Crippen LogP) is 0.158. The first-order valence-corrected chi connectivity index (χ1v) is 9.50. The van der Waals surface area contributed by atoms with Crippen molar-refractivity contribution in [2.24, 2.45) is 0 Å². The van der Waals surface area contributed by atoms with Crippen LogP contribution in [0.2, 0.25) is 0 Å². The number of rotatable bonds is 8. The molecule has 2 rings (SSSR count). The summed E-state index contributed by atoms with van der Waals surface area (Å²) < 4.78 is 30.7. The van der Waals surface area contributed by atoms with Crippen molar-refractivity contribution in [1.82, 2.24) is 14.7 Å². The maximum Gasteiger partial charge on any atom is 0.255 e. The number of nitrogens with two attached hydrogens (primary N) is 1. The molecule has 0 aliphatic carbocycles. The summed E-state index contributed by atoms with van der Waals surface area (Å²) >= 11 is 0. The summed E-state index contributed by atoms with van der Waals surface area (Å²) in [4.78, 5) is 4.86. The minimum absolute atomic E-state index is 0.166. The zero-order chi connectivity index (χ0) is 17.6. The Bertz CT molecular complexity index is 630. The highest BCUT2D eigenvalue weighted by Gasteiger charge is 2.23. The second-order valence-corrected chi connectivity index (χ2v) is 7.66. The standard InChI is InChI=1S/C15H27N5O3S/c1-19(2)7-3-6-17-14-5-4-13(16)12-15(14)24(21,22)18-20-8-10-23-11-9-20/h4-5,12,17-18H,3,6-11,16H2,1-2H3. The lowest BCUT2D eigenvalue weighted by Gasteiger charge is -2.27. The van der Waals surface area contributed by atoms with Crippen LogP contribution in [0.15, 0.2) is 23.1 Å². The van der Waals surface area contributed by atoms with Gasteiger partial charge in [-0.05, 0) is 45.3 Å². The molecule has 24 heavy (non-hydrogen) atoms. The van der Waals surface area contributed by atoms with Crippen molar-refractivity contribution in [3.8, 4) is 0 Å². The van der Waals surface area contributed by atoms with Gasteiger partial charge in [-0.2, -0.15) is 0 Å². The zero-order valence-corrected chi connectivity index (χ0v) is 15.1. The molecular weight excluding hydrogens is 330 g/mol. The maximum absolute atomic E-state index is 12.7. The fourth-order valence-corrected chi connectivity index (χ4v) is 3.74. The lowest BCUT2D eigenvalue weighted by Crippen LogP contribution is -2.48. The van der Waals surface area contributed by atoms with Gasteiger partial charge in [0.05, 0.1) is 18.9 Å². The second-order valence-electron chi connectivity index (χ2n) is 6.03. The number of anilines is 2. The molecule has 136 valence electrons. The van der Waals surface area contributed by atoms with Crippen molar-refractivity contribution in [2.75, 3.05) is 64.5 Å². The van der Waals surface area contributed by atoms with E-state index in [4.69, 9.17) is 10.5 Å². The van der Waals surface area contributed by atoms with Crippen molar-refractivity contribution in [1.29, 1.82) is 0 Å². The van der Waals surface area contributed by atoms with Crippen molar-refractivity contribution < 1.29 is 13.2 Å². The fraction of sp³-hybridized carbons (Fsp3) is 0.600. The maximum atomic E-state index is 12.7. The molecule has 0 radical (unpaired) electrons. The van der Waals surface area contributed by atoms with Gasteiger partial charge in [-0.25, -0.2) is 13.4 Å². The van der Waals surface area contributed by atoms with Crippen LogP contribution in [0.5, 0.6) is 0 Å². The van der Waals surface area contributed by atoms with Gasteiger partial charge in [0.2, 0.25) is 0 Å². The first kappa shape index (κ1) is 18.9. The highest BCUT2D eigenvalue weighted by Crippen LogP contribution is 2.24. The molecule has 4 N–H and O–H groups in total. The minimum atomic E-state index is -3.70. The summed E-state index contributed by atoms with van der Waals surface area (Å²) in [6.07, 6.45) is 0.910. The monoisotopic (exact) mass is 357 g/mol. The number of sulfonamides is 1. The Balaban J connectivity index is 2.09. The average molecular weight is 357 g/mol. The number of hydrazine groups is 1. The number of ether oxygens (including phenoxy) is 1. The van der Waals surface area contributed by atoms with Crippen LogP contribution < -0.4 is 15.9 Å². The molecule has 0 aromatic heterocycles. The smallest absolute Gasteiger partial charge is 0.255 e. The summed E-state index contributed by atoms with van der Waals surface area (Å²) in [5.74, 6) is 0. The average Bonchev–Trinajstić information content (AvgIpc) is 2.53. The predicted molar refractivity (Wildman–Crippen MR) is 95.2 cm³/mol. The third-order valence-electron chi connectivity index (χ3n) is 3.65. The summed E-state index contributed by atoms with van der Waals surface area (Å²) in [5.41, 5.74) is 6.76. The Morgan fingerprint density at radius 1 is 1.29 bits per heavy atom. The number of nitrogen functional groups attached to an aromatic ring is 1. The van der Waals surface area contributed by atoms with E-state index in [9.17, 15) is 8.42 Å². The van der Waals surface area contributed by atoms with E-state index in [0.717, 1.165) is 13.0 Å². The van der Waals surface area contributed by atoms with Crippen LogP contribution in [0.25, 0.3) is 0 Å². The van der Waals surface area contributed by atoms with Gasteiger partial charge in [0.25, 0.3) is 10.0 Å². The Kier molecular flexibility index (Phi) is 6.81. The summed E-state index contributed by atoms with van der Waals surface area (Å²) in [7, 11) is 0.312. The fourth-order valence-electron chi connectivity index (χ4n) is 2.40. The van der Waals surface area contributed by atoms with Crippen molar-refractivity contribution in [3.05, 3.63) is 18.2 Å². The summed E-state index contributed by atoms with van der Waals surface area (Å²) in [6, 6.07) is 4.89. The molecule has 9 heteroatoms. The van der Waals surface area contributed by atoms with Gasteiger partial charge < -0.3 is 20.7 Å². The number of nitrogens with zero attached hydrogens (tertiary/aromatic N) is 2. The van der Waals surface area contributed by atoms with Crippen LogP contribution in [0.4, 0.5) is 11.4 Å². The lowest BCUT2D eigenvalue weighted by atomic mass is 10.2. The molecule has 0 amide bonds. The van der Waals surface area contributed by atoms with Crippen LogP contribution in [0, 0.1) is 0 Å². The topological polar surface area (TPSA) is 99.9 Å². The Hall–Kier alpha value is -1.39. The molecule has 1 aliphatic rings. The van der Waals surface area contributed by atoms with Gasteiger partial charge in [-0.3, -0.25) is 0 Å². The third kappa shape index (κ3) is 5.60. The number of nitrogens with one attached hydrogen (secondary N) is 2. The minimum Gasteiger partial charge on any atom is -0.399 e. The lowest BCUT2D eigenvalue weighted by molar-refractivity contribution is 0.0272. The molecule has 1 fully saturated rings. The molecule has 8 nitrogen and oxygen atoms in total. The van der Waals surface area contributed by atoms with E-state index < -0.39 is 10.0 Å². The largest absolute Gasteiger partial charge is 0.399 e. The van der Waals surface area contributed by atoms with Gasteiger partial charge in [0.1, 0.15) is 4.90 Å². The first-order chi connectivity index (χ1) is 11.4. The van der Waals surface area contributed by atoms with E-state index in [1.807, 2.05) is 14.1 Å². The van der Waals surface area contributed by atoms with Gasteiger partial charge in [0, 0.05) is 25.3 Å². The third-order valence-corrected chi connectivity index (χ3v) is 5.07. The van der Waals surface area contributed by atoms with Crippen LogP contribution in [0.1, 0.15) is 6.42 Å². The SMILES string of the molecule is CN(C)CCCNc1ccc(N)cc1S(=O)(=O)NN1CCOCC1. The van der Waals surface area contributed by atoms with E-state index in [0.29, 0.717) is 44.2 Å². The molecule has 0 saturated carbocycles. The Morgan fingerprint density at radius 3 is 2.67 bits per heavy atom. The molecule has 0 spiro atoms. The van der Waals surface area contributed by atoms with E-state index in [1.54, 1.807) is 17.1 Å². The second kappa shape index (κ2) is 8.63. The molecule has 0 atom stereocenters. The normalized spacial score (nSPS) is 16.5. The summed E-state index contributed by atoms with van der Waals surface area (Å²) in [5, 5.41) is 4.85. The quantitative estimate of drug-likeness (QED) is 0.450. The molecular formula is C15H27N5O3S. The summed E-state index contributed by atoms with van der Waals surface area (Å²) in [6.45, 7) is 3.67. The van der Waals surface area contributed by atoms with Gasteiger partial charge in [-0.1, -0.05) is 0 Å². The van der Waals surface area contributed by atoms with Gasteiger partial charge in [-0.15, -0.1) is 4.83 Å². The van der Waals surface area contributed by atoms with Crippen molar-refractivity contribution in [2.45, 2.75) is 11.3 Å². The molecule has 1 heterocycles. The molecule has 1 aromatic rings. The van der Waals surface area contributed by atoms with Crippen LogP contribution in [-0.4, -0.2) is 71.8 Å². The van der Waals surface area contributed by atoms with Crippen molar-refractivity contribution in [3.63, 3.8) is 0 Å².